The molecule has 0 bridgehead atoms. The molecule has 28 heavy (non-hydrogen) atoms. The molecule has 3 N–H and O–H groups in total. The van der Waals surface area contributed by atoms with Crippen molar-refractivity contribution < 1.29 is 9.84 Å². The van der Waals surface area contributed by atoms with Gasteiger partial charge in [0.25, 0.3) is 0 Å². The van der Waals surface area contributed by atoms with E-state index in [4.69, 9.17) is 9.73 Å². The first-order valence-corrected chi connectivity index (χ1v) is 10.8. The molecular formula is C20H37IN4O2S. The summed E-state index contributed by atoms with van der Waals surface area (Å²) in [5, 5.41) is 21.3. The SMILES string of the molecule is CCNC(=NCC(C)(C)N1CC(C)OC(C)C1)NCC(C)(O)c1ccsc1.I. The summed E-state index contributed by atoms with van der Waals surface area (Å²) in [7, 11) is 0. The molecule has 0 saturated carbocycles. The molecule has 1 saturated heterocycles. The lowest BCUT2D eigenvalue weighted by molar-refractivity contribution is -0.0939. The van der Waals surface area contributed by atoms with E-state index in [1.807, 2.05) is 30.7 Å². The molecule has 0 amide bonds. The number of hydrogen-bond acceptors (Lipinski definition) is 5. The first kappa shape index (κ1) is 25.6. The van der Waals surface area contributed by atoms with E-state index in [-0.39, 0.29) is 41.7 Å². The van der Waals surface area contributed by atoms with Crippen LogP contribution in [-0.2, 0) is 10.3 Å². The van der Waals surface area contributed by atoms with Crippen LogP contribution in [-0.4, -0.2) is 66.4 Å². The average molecular weight is 525 g/mol. The van der Waals surface area contributed by atoms with E-state index in [9.17, 15) is 5.11 Å². The molecule has 1 aromatic rings. The summed E-state index contributed by atoms with van der Waals surface area (Å²) in [5.74, 6) is 0.732. The maximum absolute atomic E-state index is 10.7. The second-order valence-corrected chi connectivity index (χ2v) is 9.09. The second-order valence-electron chi connectivity index (χ2n) is 8.31. The number of guanidine groups is 1. The summed E-state index contributed by atoms with van der Waals surface area (Å²) in [5.41, 5.74) is -0.0711. The Morgan fingerprint density at radius 1 is 1.29 bits per heavy atom. The fraction of sp³-hybridized carbons (Fsp3) is 0.750. The Bertz CT molecular complexity index is 597. The van der Waals surface area contributed by atoms with Gasteiger partial charge in [0.2, 0.25) is 0 Å². The van der Waals surface area contributed by atoms with Gasteiger partial charge in [-0.05, 0) is 63.9 Å². The lowest BCUT2D eigenvalue weighted by Gasteiger charge is -2.44. The molecule has 1 aliphatic rings. The number of thiophene rings is 1. The molecule has 1 aliphatic heterocycles. The Morgan fingerprint density at radius 2 is 1.93 bits per heavy atom. The summed E-state index contributed by atoms with van der Waals surface area (Å²) in [6, 6.07) is 1.96. The molecular weight excluding hydrogens is 487 g/mol. The molecule has 6 nitrogen and oxygen atoms in total. The van der Waals surface area contributed by atoms with Crippen LogP contribution in [0.2, 0.25) is 0 Å². The molecule has 8 heteroatoms. The molecule has 162 valence electrons. The van der Waals surface area contributed by atoms with Crippen molar-refractivity contribution in [1.82, 2.24) is 15.5 Å². The highest BCUT2D eigenvalue weighted by molar-refractivity contribution is 14.0. The van der Waals surface area contributed by atoms with Gasteiger partial charge in [-0.2, -0.15) is 11.3 Å². The number of aliphatic hydroxyl groups is 1. The van der Waals surface area contributed by atoms with Crippen molar-refractivity contribution in [2.24, 2.45) is 4.99 Å². The molecule has 1 fully saturated rings. The summed E-state index contributed by atoms with van der Waals surface area (Å²) in [4.78, 5) is 7.26. The zero-order valence-electron chi connectivity index (χ0n) is 18.0. The third-order valence-corrected chi connectivity index (χ3v) is 5.67. The quantitative estimate of drug-likeness (QED) is 0.291. The number of nitrogens with one attached hydrogen (secondary N) is 2. The number of nitrogens with zero attached hydrogens (tertiary/aromatic N) is 2. The maximum atomic E-state index is 10.7. The van der Waals surface area contributed by atoms with Gasteiger partial charge < -0.3 is 20.5 Å². The van der Waals surface area contributed by atoms with Crippen LogP contribution >= 0.6 is 35.3 Å². The maximum Gasteiger partial charge on any atom is 0.191 e. The van der Waals surface area contributed by atoms with Gasteiger partial charge in [-0.25, -0.2) is 0 Å². The van der Waals surface area contributed by atoms with E-state index in [0.717, 1.165) is 31.2 Å². The van der Waals surface area contributed by atoms with Gasteiger partial charge in [-0.1, -0.05) is 0 Å². The predicted octanol–water partition coefficient (Wildman–Crippen LogP) is 3.02. The number of halogens is 1. The molecule has 3 atom stereocenters. The van der Waals surface area contributed by atoms with Crippen molar-refractivity contribution in [2.75, 3.05) is 32.7 Å². The van der Waals surface area contributed by atoms with Crippen LogP contribution in [0.1, 0.15) is 47.1 Å². The zero-order valence-corrected chi connectivity index (χ0v) is 21.1. The number of morpholine rings is 1. The minimum Gasteiger partial charge on any atom is -0.384 e. The normalized spacial score (nSPS) is 23.6. The van der Waals surface area contributed by atoms with Crippen LogP contribution in [0.15, 0.2) is 21.8 Å². The summed E-state index contributed by atoms with van der Waals surface area (Å²) >= 11 is 1.59. The molecule has 0 radical (unpaired) electrons. The predicted molar refractivity (Wildman–Crippen MR) is 129 cm³/mol. The monoisotopic (exact) mass is 524 g/mol. The molecule has 1 aromatic heterocycles. The summed E-state index contributed by atoms with van der Waals surface area (Å²) in [6.07, 6.45) is 0.480. The lowest BCUT2D eigenvalue weighted by atomic mass is 9.99. The van der Waals surface area contributed by atoms with Gasteiger partial charge >= 0.3 is 0 Å². The van der Waals surface area contributed by atoms with E-state index in [1.165, 1.54) is 0 Å². The zero-order chi connectivity index (χ0) is 20.1. The Balaban J connectivity index is 0.00000392. The van der Waals surface area contributed by atoms with Crippen molar-refractivity contribution in [3.8, 4) is 0 Å². The second kappa shape index (κ2) is 11.1. The fourth-order valence-corrected chi connectivity index (χ4v) is 4.10. The molecule has 2 heterocycles. The number of hydrogen-bond donors (Lipinski definition) is 3. The van der Waals surface area contributed by atoms with Crippen LogP contribution in [0.5, 0.6) is 0 Å². The third-order valence-electron chi connectivity index (χ3n) is 4.99. The average Bonchev–Trinajstić information content (AvgIpc) is 3.12. The van der Waals surface area contributed by atoms with Crippen LogP contribution in [0, 0.1) is 0 Å². The summed E-state index contributed by atoms with van der Waals surface area (Å²) in [6.45, 7) is 16.3. The van der Waals surface area contributed by atoms with Crippen LogP contribution < -0.4 is 10.6 Å². The Hall–Kier alpha value is -0.420. The van der Waals surface area contributed by atoms with Crippen LogP contribution in [0.4, 0.5) is 0 Å². The largest absolute Gasteiger partial charge is 0.384 e. The highest BCUT2D eigenvalue weighted by Crippen LogP contribution is 2.23. The third kappa shape index (κ3) is 7.44. The van der Waals surface area contributed by atoms with Gasteiger partial charge in [-0.3, -0.25) is 9.89 Å². The first-order chi connectivity index (χ1) is 12.6. The number of rotatable bonds is 7. The molecule has 3 unspecified atom stereocenters. The minimum absolute atomic E-state index is 0. The van der Waals surface area contributed by atoms with Crippen molar-refractivity contribution in [3.05, 3.63) is 22.4 Å². The van der Waals surface area contributed by atoms with E-state index < -0.39 is 5.60 Å². The Morgan fingerprint density at radius 3 is 2.46 bits per heavy atom. The van der Waals surface area contributed by atoms with Gasteiger partial charge in [-0.15, -0.1) is 24.0 Å². The fourth-order valence-electron chi connectivity index (χ4n) is 3.32. The first-order valence-electron chi connectivity index (χ1n) is 9.82. The topological polar surface area (TPSA) is 69.1 Å². The van der Waals surface area contributed by atoms with Crippen molar-refractivity contribution in [1.29, 1.82) is 0 Å². The van der Waals surface area contributed by atoms with Crippen LogP contribution in [0.3, 0.4) is 0 Å². The summed E-state index contributed by atoms with van der Waals surface area (Å²) < 4.78 is 5.86. The molecule has 0 aromatic carbocycles. The van der Waals surface area contributed by atoms with E-state index in [1.54, 1.807) is 11.3 Å². The smallest absolute Gasteiger partial charge is 0.191 e. The van der Waals surface area contributed by atoms with Crippen molar-refractivity contribution in [2.45, 2.75) is 64.9 Å². The van der Waals surface area contributed by atoms with Crippen molar-refractivity contribution in [3.63, 3.8) is 0 Å². The number of ether oxygens (including phenoxy) is 1. The van der Waals surface area contributed by atoms with Gasteiger partial charge in [0.05, 0.1) is 25.3 Å². The van der Waals surface area contributed by atoms with Crippen LogP contribution in [0.25, 0.3) is 0 Å². The Kier molecular flexibility index (Phi) is 10.2. The Labute approximate surface area is 191 Å². The van der Waals surface area contributed by atoms with Gasteiger partial charge in [0.1, 0.15) is 5.60 Å². The minimum atomic E-state index is -0.930. The van der Waals surface area contributed by atoms with E-state index in [0.29, 0.717) is 13.1 Å². The van der Waals surface area contributed by atoms with E-state index in [2.05, 4.69) is 43.2 Å². The van der Waals surface area contributed by atoms with Gasteiger partial charge in [0, 0.05) is 25.2 Å². The molecule has 0 spiro atoms. The number of aliphatic imine (C=N–C) groups is 1. The van der Waals surface area contributed by atoms with Crippen molar-refractivity contribution >= 4 is 41.3 Å². The van der Waals surface area contributed by atoms with E-state index >= 15 is 0 Å². The highest BCUT2D eigenvalue weighted by atomic mass is 127. The molecule has 0 aliphatic carbocycles. The van der Waals surface area contributed by atoms with Gasteiger partial charge in [0.15, 0.2) is 5.96 Å². The highest BCUT2D eigenvalue weighted by Gasteiger charge is 2.33. The standard InChI is InChI=1S/C20H36N4O2S.HI/c1-7-21-18(23-14-20(6,25)17-8-9-27-12-17)22-13-19(4,5)24-10-15(2)26-16(3)11-24;/h8-9,12,15-16,25H,7,10-11,13-14H2,1-6H3,(H2,21,22,23);1H. The molecule has 2 rings (SSSR count). The lowest BCUT2D eigenvalue weighted by Crippen LogP contribution is -2.56.